The second-order valence-corrected chi connectivity index (χ2v) is 10.0. The highest BCUT2D eigenvalue weighted by molar-refractivity contribution is 7.98. The monoisotopic (exact) mass is 361 g/mol. The maximum atomic E-state index is 12.2. The molecule has 0 aromatic carbocycles. The fraction of sp³-hybridized carbons (Fsp3) is 0.556. The molecule has 0 aliphatic heterocycles. The number of nitrogens with zero attached hydrogens (tertiary/aromatic N) is 3. The number of fused-ring (bicyclic) bond motifs is 1. The van der Waals surface area contributed by atoms with Gasteiger partial charge in [-0.3, -0.25) is 4.79 Å². The number of hydrogen-bond donors (Lipinski definition) is 0. The summed E-state index contributed by atoms with van der Waals surface area (Å²) in [5.41, 5.74) is 2.78. The van der Waals surface area contributed by atoms with Gasteiger partial charge < -0.3 is 0 Å². The van der Waals surface area contributed by atoms with Gasteiger partial charge in [0.05, 0.1) is 22.7 Å². The van der Waals surface area contributed by atoms with Gasteiger partial charge in [0.15, 0.2) is 10.9 Å². The smallest absolute Gasteiger partial charge is 0.188 e. The number of rotatable bonds is 3. The average Bonchev–Trinajstić information content (AvgIpc) is 2.92. The van der Waals surface area contributed by atoms with E-state index in [1.54, 1.807) is 29.3 Å². The number of ketones is 1. The van der Waals surface area contributed by atoms with Crippen molar-refractivity contribution in [3.63, 3.8) is 0 Å². The van der Waals surface area contributed by atoms with Gasteiger partial charge in [-0.15, -0.1) is 11.3 Å². The molecule has 0 fully saturated rings. The minimum atomic E-state index is -0.0166. The van der Waals surface area contributed by atoms with Crippen molar-refractivity contribution in [2.24, 2.45) is 5.41 Å². The van der Waals surface area contributed by atoms with Crippen molar-refractivity contribution in [2.75, 3.05) is 0 Å². The molecule has 6 heteroatoms. The van der Waals surface area contributed by atoms with Crippen LogP contribution < -0.4 is 0 Å². The van der Waals surface area contributed by atoms with Gasteiger partial charge in [0.25, 0.3) is 0 Å². The van der Waals surface area contributed by atoms with Gasteiger partial charge in [-0.25, -0.2) is 15.0 Å². The number of carbonyl (C=O) groups is 1. The van der Waals surface area contributed by atoms with E-state index in [0.29, 0.717) is 12.0 Å². The van der Waals surface area contributed by atoms with E-state index < -0.39 is 0 Å². The van der Waals surface area contributed by atoms with Crippen molar-refractivity contribution < 1.29 is 4.79 Å². The third-order valence-corrected chi connectivity index (χ3v) is 5.98. The Kier molecular flexibility index (Phi) is 4.55. The Morgan fingerprint density at radius 2 is 2.00 bits per heavy atom. The van der Waals surface area contributed by atoms with Crippen LogP contribution in [0.5, 0.6) is 0 Å². The average molecular weight is 362 g/mol. The Balaban J connectivity index is 1.73. The minimum Gasteiger partial charge on any atom is -0.294 e. The summed E-state index contributed by atoms with van der Waals surface area (Å²) in [6.45, 7) is 10.7. The number of thioether (sulfide) groups is 1. The Hall–Kier alpha value is -1.27. The molecular formula is C18H23N3OS2. The molecule has 1 aliphatic carbocycles. The zero-order valence-corrected chi connectivity index (χ0v) is 16.5. The third kappa shape index (κ3) is 3.86. The fourth-order valence-corrected chi connectivity index (χ4v) is 4.60. The number of aromatic nitrogens is 3. The molecule has 24 heavy (non-hydrogen) atoms. The highest BCUT2D eigenvalue weighted by Crippen LogP contribution is 2.34. The maximum Gasteiger partial charge on any atom is 0.188 e. The number of Topliss-reactive ketones (excluding diaryl/α,β-unsaturated/α-hetero) is 1. The van der Waals surface area contributed by atoms with E-state index in [1.807, 2.05) is 0 Å². The summed E-state index contributed by atoms with van der Waals surface area (Å²) in [4.78, 5) is 25.9. The van der Waals surface area contributed by atoms with Crippen molar-refractivity contribution in [3.8, 4) is 0 Å². The van der Waals surface area contributed by atoms with E-state index in [0.717, 1.165) is 33.7 Å². The van der Waals surface area contributed by atoms with E-state index in [1.165, 1.54) is 0 Å². The predicted octanol–water partition coefficient (Wildman–Crippen LogP) is 4.68. The van der Waals surface area contributed by atoms with Crippen LogP contribution in [-0.2, 0) is 17.6 Å². The van der Waals surface area contributed by atoms with Crippen LogP contribution >= 0.6 is 23.1 Å². The van der Waals surface area contributed by atoms with Gasteiger partial charge in [-0.2, -0.15) is 0 Å². The summed E-state index contributed by atoms with van der Waals surface area (Å²) in [6, 6.07) is 0. The molecule has 128 valence electrons. The lowest BCUT2D eigenvalue weighted by Gasteiger charge is -2.29. The molecule has 0 amide bonds. The standard InChI is InChI=1S/C18H23N3OS2/c1-17(2,3)14-9-23-15(21-14)10-24-16-19-8-11-12(20-16)6-18(4,5)7-13(11)22/h8-9H,6-7,10H2,1-5H3. The molecule has 0 radical (unpaired) electrons. The summed E-state index contributed by atoms with van der Waals surface area (Å²) >= 11 is 3.27. The SMILES string of the molecule is CC1(C)CC(=O)c2cnc(SCc3nc(C(C)(C)C)cs3)nc2C1. The van der Waals surface area contributed by atoms with Crippen LogP contribution in [0.25, 0.3) is 0 Å². The maximum absolute atomic E-state index is 12.2. The molecule has 4 nitrogen and oxygen atoms in total. The first kappa shape index (κ1) is 17.5. The normalized spacial score (nSPS) is 17.0. The largest absolute Gasteiger partial charge is 0.294 e. The second kappa shape index (κ2) is 6.23. The third-order valence-electron chi connectivity index (χ3n) is 4.08. The highest BCUT2D eigenvalue weighted by atomic mass is 32.2. The lowest BCUT2D eigenvalue weighted by Crippen LogP contribution is -2.28. The molecular weight excluding hydrogens is 338 g/mol. The van der Waals surface area contributed by atoms with Crippen LogP contribution in [0.2, 0.25) is 0 Å². The van der Waals surface area contributed by atoms with Gasteiger partial charge in [0, 0.05) is 23.4 Å². The van der Waals surface area contributed by atoms with Crippen molar-refractivity contribution in [2.45, 2.75) is 63.8 Å². The summed E-state index contributed by atoms with van der Waals surface area (Å²) in [5.74, 6) is 0.921. The van der Waals surface area contributed by atoms with Gasteiger partial charge in [0.2, 0.25) is 0 Å². The fourth-order valence-electron chi connectivity index (χ4n) is 2.73. The quantitative estimate of drug-likeness (QED) is 0.587. The molecule has 0 spiro atoms. The van der Waals surface area contributed by atoms with Crippen LogP contribution in [0.4, 0.5) is 0 Å². The molecule has 0 unspecified atom stereocenters. The first-order valence-electron chi connectivity index (χ1n) is 8.11. The van der Waals surface area contributed by atoms with E-state index in [-0.39, 0.29) is 16.6 Å². The summed E-state index contributed by atoms with van der Waals surface area (Å²) in [6.07, 6.45) is 3.10. The van der Waals surface area contributed by atoms with Crippen LogP contribution in [0.15, 0.2) is 16.7 Å². The molecule has 2 heterocycles. The van der Waals surface area contributed by atoms with Crippen molar-refractivity contribution in [1.29, 1.82) is 0 Å². The van der Waals surface area contributed by atoms with E-state index in [2.05, 4.69) is 50.0 Å². The minimum absolute atomic E-state index is 0.0166. The lowest BCUT2D eigenvalue weighted by atomic mass is 9.76. The molecule has 3 rings (SSSR count). The summed E-state index contributed by atoms with van der Waals surface area (Å²) in [5, 5.41) is 3.94. The van der Waals surface area contributed by atoms with Gasteiger partial charge >= 0.3 is 0 Å². The Morgan fingerprint density at radius 3 is 2.67 bits per heavy atom. The van der Waals surface area contributed by atoms with E-state index in [9.17, 15) is 4.79 Å². The number of hydrogen-bond acceptors (Lipinski definition) is 6. The molecule has 0 N–H and O–H groups in total. The molecule has 0 bridgehead atoms. The van der Waals surface area contributed by atoms with Crippen LogP contribution in [0, 0.1) is 5.41 Å². The molecule has 2 aromatic rings. The zero-order valence-electron chi connectivity index (χ0n) is 14.8. The molecule has 0 saturated heterocycles. The van der Waals surface area contributed by atoms with E-state index >= 15 is 0 Å². The zero-order chi connectivity index (χ0) is 17.5. The molecule has 1 aliphatic rings. The van der Waals surface area contributed by atoms with Gasteiger partial charge in [-0.1, -0.05) is 46.4 Å². The predicted molar refractivity (Wildman–Crippen MR) is 98.8 cm³/mol. The topological polar surface area (TPSA) is 55.7 Å². The Morgan fingerprint density at radius 1 is 1.25 bits per heavy atom. The summed E-state index contributed by atoms with van der Waals surface area (Å²) < 4.78 is 0. The van der Waals surface area contributed by atoms with Gasteiger partial charge in [-0.05, 0) is 11.8 Å². The first-order chi connectivity index (χ1) is 11.1. The van der Waals surface area contributed by atoms with E-state index in [4.69, 9.17) is 4.98 Å². The van der Waals surface area contributed by atoms with Crippen LogP contribution in [-0.4, -0.2) is 20.7 Å². The highest BCUT2D eigenvalue weighted by Gasteiger charge is 2.32. The molecule has 0 atom stereocenters. The van der Waals surface area contributed by atoms with Crippen LogP contribution in [0.1, 0.15) is 67.8 Å². The van der Waals surface area contributed by atoms with Gasteiger partial charge in [0.1, 0.15) is 5.01 Å². The number of thiazole rings is 1. The van der Waals surface area contributed by atoms with Crippen molar-refractivity contribution >= 4 is 28.9 Å². The molecule has 2 aromatic heterocycles. The lowest BCUT2D eigenvalue weighted by molar-refractivity contribution is 0.0909. The van der Waals surface area contributed by atoms with Crippen molar-refractivity contribution in [3.05, 3.63) is 33.5 Å². The van der Waals surface area contributed by atoms with Crippen molar-refractivity contribution in [1.82, 2.24) is 15.0 Å². The second-order valence-electron chi connectivity index (χ2n) is 8.12. The Labute approximate surface area is 151 Å². The Bertz CT molecular complexity index is 775. The first-order valence-corrected chi connectivity index (χ1v) is 9.97. The summed E-state index contributed by atoms with van der Waals surface area (Å²) in [7, 11) is 0. The molecule has 0 saturated carbocycles. The number of carbonyl (C=O) groups excluding carboxylic acids is 1. The van der Waals surface area contributed by atoms with Crippen LogP contribution in [0.3, 0.4) is 0 Å².